The van der Waals surface area contributed by atoms with E-state index in [1.165, 1.54) is 6.42 Å². The van der Waals surface area contributed by atoms with Gasteiger partial charge in [0.1, 0.15) is 0 Å². The van der Waals surface area contributed by atoms with Crippen LogP contribution < -0.4 is 5.32 Å². The zero-order valence-electron chi connectivity index (χ0n) is 9.72. The molecule has 0 radical (unpaired) electrons. The Morgan fingerprint density at radius 3 is 2.76 bits per heavy atom. The van der Waals surface area contributed by atoms with Gasteiger partial charge in [-0.3, -0.25) is 0 Å². The van der Waals surface area contributed by atoms with Crippen LogP contribution in [0.1, 0.15) is 38.5 Å². The molecular weight excluding hydrogens is 220 g/mol. The summed E-state index contributed by atoms with van der Waals surface area (Å²) in [5.41, 5.74) is 0.640. The van der Waals surface area contributed by atoms with Gasteiger partial charge in [0.05, 0.1) is 5.71 Å². The number of fused-ring (bicyclic) bond motifs is 1. The lowest BCUT2D eigenvalue weighted by atomic mass is 9.63. The van der Waals surface area contributed by atoms with Crippen molar-refractivity contribution in [3.8, 4) is 0 Å². The van der Waals surface area contributed by atoms with Crippen molar-refractivity contribution in [1.29, 1.82) is 0 Å². The third-order valence-electron chi connectivity index (χ3n) is 4.75. The van der Waals surface area contributed by atoms with Crippen LogP contribution in [0.3, 0.4) is 0 Å². The number of nitrogens with one attached hydrogen (secondary N) is 1. The predicted molar refractivity (Wildman–Crippen MR) is 61.3 cm³/mol. The van der Waals surface area contributed by atoms with Crippen molar-refractivity contribution < 1.29 is 15.1 Å². The van der Waals surface area contributed by atoms with Crippen molar-refractivity contribution >= 4 is 11.8 Å². The fourth-order valence-corrected chi connectivity index (χ4v) is 4.50. The van der Waals surface area contributed by atoms with E-state index in [4.69, 9.17) is 10.3 Å². The van der Waals surface area contributed by atoms with Gasteiger partial charge in [-0.2, -0.15) is 0 Å². The standard InChI is InChI=1S/C12H18N2O3/c15-11(16)13-12-4-7-1-8(5-12)3-10(14-17)9(2-7)6-12/h7-9,13,17H,1-6H2,(H,15,16). The molecule has 3 N–H and O–H groups in total. The van der Waals surface area contributed by atoms with E-state index in [2.05, 4.69) is 10.5 Å². The van der Waals surface area contributed by atoms with Crippen molar-refractivity contribution in [3.05, 3.63) is 0 Å². The Labute approximate surface area is 99.9 Å². The smallest absolute Gasteiger partial charge is 0.405 e. The van der Waals surface area contributed by atoms with Gasteiger partial charge in [-0.1, -0.05) is 5.16 Å². The Morgan fingerprint density at radius 2 is 2.06 bits per heavy atom. The van der Waals surface area contributed by atoms with Crippen LogP contribution in [0.5, 0.6) is 0 Å². The van der Waals surface area contributed by atoms with E-state index < -0.39 is 6.09 Å². The molecule has 0 aliphatic heterocycles. The monoisotopic (exact) mass is 238 g/mol. The SMILES string of the molecule is O=C(O)NC12CC3CC(=NO)C(CC(C3)C1)C2. The lowest BCUT2D eigenvalue weighted by Gasteiger charge is -2.47. The summed E-state index contributed by atoms with van der Waals surface area (Å²) in [4.78, 5) is 11.0. The summed E-state index contributed by atoms with van der Waals surface area (Å²) in [6.45, 7) is 0. The Balaban J connectivity index is 1.93. The first-order valence-electron chi connectivity index (χ1n) is 6.32. The van der Waals surface area contributed by atoms with E-state index in [1.54, 1.807) is 0 Å². The van der Waals surface area contributed by atoms with Crippen LogP contribution in [0.25, 0.3) is 0 Å². The van der Waals surface area contributed by atoms with Crippen LogP contribution in [0, 0.1) is 17.8 Å². The van der Waals surface area contributed by atoms with E-state index >= 15 is 0 Å². The largest absolute Gasteiger partial charge is 0.465 e. The minimum absolute atomic E-state index is 0.255. The van der Waals surface area contributed by atoms with Crippen LogP contribution in [0.15, 0.2) is 5.16 Å². The first kappa shape index (κ1) is 10.9. The van der Waals surface area contributed by atoms with Crippen molar-refractivity contribution in [3.63, 3.8) is 0 Å². The van der Waals surface area contributed by atoms with Crippen molar-refractivity contribution in [2.45, 2.75) is 44.1 Å². The third kappa shape index (κ3) is 1.77. The fourth-order valence-electron chi connectivity index (χ4n) is 4.50. The van der Waals surface area contributed by atoms with Crippen LogP contribution in [0.2, 0.25) is 0 Å². The molecule has 4 aliphatic rings. The molecule has 1 amide bonds. The Bertz CT molecular complexity index is 382. The van der Waals surface area contributed by atoms with Gasteiger partial charge in [0.2, 0.25) is 0 Å². The average Bonchev–Trinajstić information content (AvgIpc) is 2.39. The number of oxime groups is 1. The molecule has 0 aromatic heterocycles. The maximum absolute atomic E-state index is 11.0. The molecule has 17 heavy (non-hydrogen) atoms. The number of nitrogens with zero attached hydrogens (tertiary/aromatic N) is 1. The number of carboxylic acid groups (broad SMARTS) is 1. The van der Waals surface area contributed by atoms with Gasteiger partial charge < -0.3 is 15.6 Å². The van der Waals surface area contributed by atoms with E-state index in [0.717, 1.165) is 37.8 Å². The van der Waals surface area contributed by atoms with E-state index in [1.807, 2.05) is 0 Å². The van der Waals surface area contributed by atoms with Crippen LogP contribution in [0.4, 0.5) is 4.79 Å². The minimum atomic E-state index is -0.922. The summed E-state index contributed by atoms with van der Waals surface area (Å²) < 4.78 is 0. The first-order valence-corrected chi connectivity index (χ1v) is 6.32. The summed E-state index contributed by atoms with van der Waals surface area (Å²) in [6.07, 6.45) is 4.84. The minimum Gasteiger partial charge on any atom is -0.465 e. The second-order valence-electron chi connectivity index (χ2n) is 6.02. The number of carbonyl (C=O) groups is 1. The molecule has 4 bridgehead atoms. The van der Waals surface area contributed by atoms with Gasteiger partial charge in [-0.15, -0.1) is 0 Å². The zero-order valence-corrected chi connectivity index (χ0v) is 9.72. The van der Waals surface area contributed by atoms with Crippen LogP contribution >= 0.6 is 0 Å². The van der Waals surface area contributed by atoms with Crippen LogP contribution in [-0.4, -0.2) is 27.7 Å². The topological polar surface area (TPSA) is 81.9 Å². The lowest BCUT2D eigenvalue weighted by molar-refractivity contribution is 0.0756. The molecule has 4 atom stereocenters. The second kappa shape index (κ2) is 3.62. The van der Waals surface area contributed by atoms with Crippen molar-refractivity contribution in [2.75, 3.05) is 0 Å². The Morgan fingerprint density at radius 1 is 1.29 bits per heavy atom. The number of rotatable bonds is 1. The number of hydrogen-bond acceptors (Lipinski definition) is 3. The molecule has 4 saturated carbocycles. The molecule has 4 unspecified atom stereocenters. The normalized spacial score (nSPS) is 45.9. The van der Waals surface area contributed by atoms with Gasteiger partial charge >= 0.3 is 6.09 Å². The maximum atomic E-state index is 11.0. The van der Waals surface area contributed by atoms with Gasteiger partial charge in [0, 0.05) is 11.5 Å². The van der Waals surface area contributed by atoms with E-state index in [0.29, 0.717) is 11.8 Å². The van der Waals surface area contributed by atoms with E-state index in [-0.39, 0.29) is 11.5 Å². The van der Waals surface area contributed by atoms with E-state index in [9.17, 15) is 4.79 Å². The fraction of sp³-hybridized carbons (Fsp3) is 0.833. The molecule has 0 spiro atoms. The molecule has 5 nitrogen and oxygen atoms in total. The van der Waals surface area contributed by atoms with Gasteiger partial charge in [0.25, 0.3) is 0 Å². The highest BCUT2D eigenvalue weighted by Crippen LogP contribution is 2.52. The lowest BCUT2D eigenvalue weighted by Crippen LogP contribution is -2.55. The molecule has 4 fully saturated rings. The van der Waals surface area contributed by atoms with Crippen molar-refractivity contribution in [1.82, 2.24) is 5.32 Å². The highest BCUT2D eigenvalue weighted by molar-refractivity contribution is 5.87. The molecular formula is C12H18N2O3. The summed E-state index contributed by atoms with van der Waals surface area (Å²) in [5.74, 6) is 1.36. The molecule has 0 aromatic rings. The Kier molecular flexibility index (Phi) is 2.31. The summed E-state index contributed by atoms with van der Waals surface area (Å²) in [7, 11) is 0. The molecule has 4 aliphatic carbocycles. The number of amides is 1. The summed E-state index contributed by atoms with van der Waals surface area (Å²) >= 11 is 0. The maximum Gasteiger partial charge on any atom is 0.405 e. The zero-order chi connectivity index (χ0) is 12.0. The molecule has 5 heteroatoms. The predicted octanol–water partition coefficient (Wildman–Crippen LogP) is 2.05. The third-order valence-corrected chi connectivity index (χ3v) is 4.75. The summed E-state index contributed by atoms with van der Waals surface area (Å²) in [6, 6.07) is 0. The van der Waals surface area contributed by atoms with Gasteiger partial charge in [-0.25, -0.2) is 4.79 Å². The molecule has 0 heterocycles. The highest BCUT2D eigenvalue weighted by Gasteiger charge is 2.51. The summed E-state index contributed by atoms with van der Waals surface area (Å²) in [5, 5.41) is 24.3. The molecule has 0 saturated heterocycles. The quantitative estimate of drug-likeness (QED) is 0.483. The highest BCUT2D eigenvalue weighted by atomic mass is 16.4. The van der Waals surface area contributed by atoms with Gasteiger partial charge in [-0.05, 0) is 50.4 Å². The van der Waals surface area contributed by atoms with Gasteiger partial charge in [0.15, 0.2) is 0 Å². The van der Waals surface area contributed by atoms with Crippen LogP contribution in [-0.2, 0) is 0 Å². The number of hydrogen-bond donors (Lipinski definition) is 3. The van der Waals surface area contributed by atoms with Crippen molar-refractivity contribution in [2.24, 2.45) is 22.9 Å². The molecule has 4 rings (SSSR count). The second-order valence-corrected chi connectivity index (χ2v) is 6.02. The first-order chi connectivity index (χ1) is 8.10. The molecule has 0 aromatic carbocycles. The average molecular weight is 238 g/mol. The Hall–Kier alpha value is -1.26. The molecule has 94 valence electrons.